The van der Waals surface area contributed by atoms with E-state index in [1.807, 2.05) is 35.4 Å². The topological polar surface area (TPSA) is 64.7 Å². The van der Waals surface area contributed by atoms with Crippen molar-refractivity contribution in [1.82, 2.24) is 9.47 Å². The average Bonchev–Trinajstić information content (AvgIpc) is 3.23. The van der Waals surface area contributed by atoms with Gasteiger partial charge in [-0.2, -0.15) is 0 Å². The van der Waals surface area contributed by atoms with Crippen LogP contribution in [0.1, 0.15) is 60.6 Å². The van der Waals surface area contributed by atoms with Crippen molar-refractivity contribution in [3.8, 4) is 0 Å². The zero-order valence-electron chi connectivity index (χ0n) is 16.5. The SMILES string of the molecule is Cc1cc(C(=O)OCC(=O)N2C(C)CCCC2C)c(C)n1Cc1ccco1. The van der Waals surface area contributed by atoms with Gasteiger partial charge in [-0.3, -0.25) is 4.79 Å². The molecule has 1 fully saturated rings. The molecule has 0 bridgehead atoms. The van der Waals surface area contributed by atoms with Crippen molar-refractivity contribution in [3.05, 3.63) is 47.2 Å². The molecule has 0 spiro atoms. The van der Waals surface area contributed by atoms with E-state index >= 15 is 0 Å². The standard InChI is InChI=1S/C21H28N2O4/c1-14-7-5-8-15(2)23(14)20(24)13-27-21(25)19-11-16(3)22(17(19)4)12-18-9-6-10-26-18/h6,9-11,14-15H,5,7-8,12-13H2,1-4H3. The van der Waals surface area contributed by atoms with E-state index in [0.29, 0.717) is 12.1 Å². The van der Waals surface area contributed by atoms with Crippen LogP contribution in [0.3, 0.4) is 0 Å². The first-order valence-corrected chi connectivity index (χ1v) is 9.56. The van der Waals surface area contributed by atoms with Gasteiger partial charge in [0.15, 0.2) is 6.61 Å². The molecule has 0 N–H and O–H groups in total. The normalized spacial score (nSPS) is 19.9. The van der Waals surface area contributed by atoms with Crippen LogP contribution in [0.4, 0.5) is 0 Å². The van der Waals surface area contributed by atoms with Gasteiger partial charge in [-0.15, -0.1) is 0 Å². The molecule has 0 radical (unpaired) electrons. The molecule has 27 heavy (non-hydrogen) atoms. The fourth-order valence-corrected chi connectivity index (χ4v) is 4.00. The molecule has 6 heteroatoms. The molecule has 146 valence electrons. The average molecular weight is 372 g/mol. The predicted molar refractivity (Wildman–Crippen MR) is 102 cm³/mol. The highest BCUT2D eigenvalue weighted by atomic mass is 16.5. The summed E-state index contributed by atoms with van der Waals surface area (Å²) in [6.45, 7) is 8.27. The molecule has 0 saturated carbocycles. The third-order valence-electron chi connectivity index (χ3n) is 5.50. The second-order valence-corrected chi connectivity index (χ2v) is 7.46. The van der Waals surface area contributed by atoms with E-state index in [4.69, 9.17) is 9.15 Å². The van der Waals surface area contributed by atoms with Crippen molar-refractivity contribution in [3.63, 3.8) is 0 Å². The van der Waals surface area contributed by atoms with Gasteiger partial charge in [0, 0.05) is 23.5 Å². The number of carbonyl (C=O) groups excluding carboxylic acids is 2. The van der Waals surface area contributed by atoms with Gasteiger partial charge >= 0.3 is 5.97 Å². The summed E-state index contributed by atoms with van der Waals surface area (Å²) in [6, 6.07) is 5.93. The number of ether oxygens (including phenoxy) is 1. The molecule has 1 aliphatic heterocycles. The molecule has 2 atom stereocenters. The first-order valence-electron chi connectivity index (χ1n) is 9.56. The molecule has 3 heterocycles. The van der Waals surface area contributed by atoms with Crippen LogP contribution in [0.2, 0.25) is 0 Å². The monoisotopic (exact) mass is 372 g/mol. The van der Waals surface area contributed by atoms with Crippen molar-refractivity contribution in [2.75, 3.05) is 6.61 Å². The quantitative estimate of drug-likeness (QED) is 0.751. The zero-order valence-corrected chi connectivity index (χ0v) is 16.5. The van der Waals surface area contributed by atoms with Crippen LogP contribution in [0.15, 0.2) is 28.9 Å². The predicted octanol–water partition coefficient (Wildman–Crippen LogP) is 3.69. The second-order valence-electron chi connectivity index (χ2n) is 7.46. The number of hydrogen-bond donors (Lipinski definition) is 0. The highest BCUT2D eigenvalue weighted by Gasteiger charge is 2.29. The molecule has 2 aromatic heterocycles. The number of furan rings is 1. The molecule has 6 nitrogen and oxygen atoms in total. The molecule has 2 unspecified atom stereocenters. The Labute approximate surface area is 160 Å². The van der Waals surface area contributed by atoms with Crippen LogP contribution in [-0.2, 0) is 16.1 Å². The summed E-state index contributed by atoms with van der Waals surface area (Å²) < 4.78 is 12.8. The Hall–Kier alpha value is -2.50. The van der Waals surface area contributed by atoms with Crippen LogP contribution in [0.25, 0.3) is 0 Å². The lowest BCUT2D eigenvalue weighted by molar-refractivity contribution is -0.140. The lowest BCUT2D eigenvalue weighted by Crippen LogP contribution is -2.49. The maximum atomic E-state index is 12.6. The van der Waals surface area contributed by atoms with Gasteiger partial charge < -0.3 is 18.6 Å². The summed E-state index contributed by atoms with van der Waals surface area (Å²) in [5.41, 5.74) is 2.24. The maximum absolute atomic E-state index is 12.6. The molecule has 0 aromatic carbocycles. The van der Waals surface area contributed by atoms with Gasteiger partial charge in [-0.05, 0) is 65.2 Å². The molecule has 2 aromatic rings. The Balaban J connectivity index is 1.65. The summed E-state index contributed by atoms with van der Waals surface area (Å²) in [6.07, 6.45) is 4.76. The van der Waals surface area contributed by atoms with E-state index in [0.717, 1.165) is 36.4 Å². The number of nitrogens with zero attached hydrogens (tertiary/aromatic N) is 2. The zero-order chi connectivity index (χ0) is 19.6. The summed E-state index contributed by atoms with van der Waals surface area (Å²) in [5, 5.41) is 0. The number of hydrogen-bond acceptors (Lipinski definition) is 4. The number of aromatic nitrogens is 1. The molecule has 1 amide bonds. The van der Waals surface area contributed by atoms with Gasteiger partial charge in [0.2, 0.25) is 0 Å². The van der Waals surface area contributed by atoms with Crippen molar-refractivity contribution < 1.29 is 18.7 Å². The Morgan fingerprint density at radius 1 is 1.22 bits per heavy atom. The van der Waals surface area contributed by atoms with Crippen molar-refractivity contribution in [2.45, 2.75) is 65.6 Å². The number of aryl methyl sites for hydroxylation is 1. The maximum Gasteiger partial charge on any atom is 0.340 e. The molecule has 0 aliphatic carbocycles. The Morgan fingerprint density at radius 2 is 1.93 bits per heavy atom. The third kappa shape index (κ3) is 4.10. The second kappa shape index (κ2) is 8.03. The lowest BCUT2D eigenvalue weighted by atomic mass is 9.97. The van der Waals surface area contributed by atoms with Gasteiger partial charge in [-0.25, -0.2) is 4.79 Å². The van der Waals surface area contributed by atoms with Gasteiger partial charge in [0.25, 0.3) is 5.91 Å². The fraction of sp³-hybridized carbons (Fsp3) is 0.524. The Morgan fingerprint density at radius 3 is 2.56 bits per heavy atom. The minimum absolute atomic E-state index is 0.118. The van der Waals surface area contributed by atoms with E-state index in [9.17, 15) is 9.59 Å². The number of carbonyl (C=O) groups is 2. The third-order valence-corrected chi connectivity index (χ3v) is 5.50. The summed E-state index contributed by atoms with van der Waals surface area (Å²) in [4.78, 5) is 27.0. The highest BCUT2D eigenvalue weighted by molar-refractivity contribution is 5.92. The summed E-state index contributed by atoms with van der Waals surface area (Å²) >= 11 is 0. The van der Waals surface area contributed by atoms with Crippen LogP contribution >= 0.6 is 0 Å². The van der Waals surface area contributed by atoms with Crippen molar-refractivity contribution in [1.29, 1.82) is 0 Å². The van der Waals surface area contributed by atoms with Crippen LogP contribution in [-0.4, -0.2) is 40.0 Å². The molecular formula is C21H28N2O4. The number of likely N-dealkylation sites (tertiary alicyclic amines) is 1. The van der Waals surface area contributed by atoms with E-state index in [1.54, 1.807) is 12.3 Å². The van der Waals surface area contributed by atoms with E-state index < -0.39 is 5.97 Å². The molecule has 1 aliphatic rings. The Kier molecular flexibility index (Phi) is 5.73. The summed E-state index contributed by atoms with van der Waals surface area (Å²) in [5.74, 6) is 0.242. The molecule has 3 rings (SSSR count). The summed E-state index contributed by atoms with van der Waals surface area (Å²) in [7, 11) is 0. The first kappa shape index (κ1) is 19.3. The highest BCUT2D eigenvalue weighted by Crippen LogP contribution is 2.23. The minimum atomic E-state index is -0.459. The van der Waals surface area contributed by atoms with Crippen LogP contribution in [0, 0.1) is 13.8 Å². The number of piperidine rings is 1. The van der Waals surface area contributed by atoms with Crippen molar-refractivity contribution >= 4 is 11.9 Å². The minimum Gasteiger partial charge on any atom is -0.467 e. The van der Waals surface area contributed by atoms with Crippen LogP contribution < -0.4 is 0 Å². The smallest absolute Gasteiger partial charge is 0.340 e. The number of amides is 1. The number of rotatable bonds is 5. The number of esters is 1. The Bertz CT molecular complexity index is 797. The van der Waals surface area contributed by atoms with Gasteiger partial charge in [0.1, 0.15) is 5.76 Å². The van der Waals surface area contributed by atoms with Crippen molar-refractivity contribution in [2.24, 2.45) is 0 Å². The molecule has 1 saturated heterocycles. The van der Waals surface area contributed by atoms with E-state index in [-0.39, 0.29) is 24.6 Å². The van der Waals surface area contributed by atoms with Gasteiger partial charge in [0.05, 0.1) is 18.4 Å². The molecular weight excluding hydrogens is 344 g/mol. The van der Waals surface area contributed by atoms with Crippen LogP contribution in [0.5, 0.6) is 0 Å². The fourth-order valence-electron chi connectivity index (χ4n) is 4.00. The van der Waals surface area contributed by atoms with E-state index in [1.165, 1.54) is 0 Å². The first-order chi connectivity index (χ1) is 12.9. The lowest BCUT2D eigenvalue weighted by Gasteiger charge is -2.38. The van der Waals surface area contributed by atoms with Gasteiger partial charge in [-0.1, -0.05) is 0 Å². The largest absolute Gasteiger partial charge is 0.467 e. The van der Waals surface area contributed by atoms with E-state index in [2.05, 4.69) is 13.8 Å².